The van der Waals surface area contributed by atoms with Crippen LogP contribution in [-0.4, -0.2) is 38.5 Å². The standard InChI is InChI=1S/2CH4O3S.Pt/c2*1-5(2,3)4;/h2*1H3,(H,2,3,4);/q;;+2/p-2. The van der Waals surface area contributed by atoms with E-state index < -0.39 is 20.2 Å². The monoisotopic (exact) mass is 385 g/mol. The van der Waals surface area contributed by atoms with Gasteiger partial charge in [0.25, 0.3) is 0 Å². The van der Waals surface area contributed by atoms with Crippen molar-refractivity contribution < 1.29 is 47.0 Å². The van der Waals surface area contributed by atoms with Crippen LogP contribution in [-0.2, 0) is 41.3 Å². The Hall–Kier alpha value is 0.508. The molecular formula is C2H6O6PtS2. The molecule has 0 N–H and O–H groups in total. The Balaban J connectivity index is -0.000000107. The summed E-state index contributed by atoms with van der Waals surface area (Å²) in [5.41, 5.74) is 0. The van der Waals surface area contributed by atoms with Crippen LogP contribution in [0.5, 0.6) is 0 Å². The first-order valence-electron chi connectivity index (χ1n) is 1.82. The molecule has 0 aromatic heterocycles. The summed E-state index contributed by atoms with van der Waals surface area (Å²) in [6.07, 6.45) is 1.21. The normalized spacial score (nSPS) is 10.5. The van der Waals surface area contributed by atoms with Gasteiger partial charge in [0.1, 0.15) is 0 Å². The van der Waals surface area contributed by atoms with Crippen molar-refractivity contribution in [2.45, 2.75) is 0 Å². The molecule has 0 bridgehead atoms. The third-order valence-electron chi connectivity index (χ3n) is 0. The van der Waals surface area contributed by atoms with Crippen molar-refractivity contribution in [1.29, 1.82) is 0 Å². The van der Waals surface area contributed by atoms with Gasteiger partial charge in [0.15, 0.2) is 0 Å². The number of rotatable bonds is 0. The van der Waals surface area contributed by atoms with Crippen molar-refractivity contribution in [2.24, 2.45) is 0 Å². The zero-order chi connectivity index (χ0) is 9.00. The molecule has 0 rings (SSSR count). The molecule has 9 heteroatoms. The molecule has 0 heterocycles. The topological polar surface area (TPSA) is 114 Å². The molecule has 0 atom stereocenters. The minimum absolute atomic E-state index is 0. The molecule has 0 aliphatic carbocycles. The molecule has 0 radical (unpaired) electrons. The van der Waals surface area contributed by atoms with Gasteiger partial charge in [-0.2, -0.15) is 0 Å². The molecule has 0 amide bonds. The molecule has 0 aliphatic rings. The number of hydrogen-bond acceptors (Lipinski definition) is 6. The molecule has 0 aromatic rings. The SMILES string of the molecule is CS(=O)(=O)[O-].CS(=O)(=O)[O-].[Pt+2]. The number of hydrogen-bond donors (Lipinski definition) is 0. The Labute approximate surface area is 79.8 Å². The van der Waals surface area contributed by atoms with Gasteiger partial charge in [0.2, 0.25) is 0 Å². The molecule has 0 spiro atoms. The molecule has 0 unspecified atom stereocenters. The Kier molecular flexibility index (Phi) is 9.69. The largest absolute Gasteiger partial charge is 2.00 e. The Bertz CT molecular complexity index is 215. The van der Waals surface area contributed by atoms with Crippen LogP contribution in [0.4, 0.5) is 0 Å². The summed E-state index contributed by atoms with van der Waals surface area (Å²) >= 11 is 0. The first kappa shape index (κ1) is 17.6. The Morgan fingerprint density at radius 2 is 0.818 bits per heavy atom. The van der Waals surface area contributed by atoms with E-state index in [0.29, 0.717) is 12.5 Å². The quantitative estimate of drug-likeness (QED) is 0.460. The average Bonchev–Trinajstić information content (AvgIpc) is 1.12. The summed E-state index contributed by atoms with van der Waals surface area (Å²) in [6.45, 7) is 0. The third kappa shape index (κ3) is 2940. The molecule has 0 saturated heterocycles. The maximum absolute atomic E-state index is 9.08. The van der Waals surface area contributed by atoms with E-state index in [2.05, 4.69) is 0 Å². The van der Waals surface area contributed by atoms with Crippen molar-refractivity contribution in [2.75, 3.05) is 12.5 Å². The molecule has 0 fully saturated rings. The predicted molar refractivity (Wildman–Crippen MR) is 31.2 cm³/mol. The van der Waals surface area contributed by atoms with E-state index in [4.69, 9.17) is 25.9 Å². The fourth-order valence-corrected chi connectivity index (χ4v) is 0. The summed E-state index contributed by atoms with van der Waals surface area (Å²) in [5, 5.41) is 0. The second-order valence-electron chi connectivity index (χ2n) is 1.41. The zero-order valence-corrected chi connectivity index (χ0v) is 9.49. The molecule has 0 aromatic carbocycles. The van der Waals surface area contributed by atoms with Crippen LogP contribution in [0, 0.1) is 0 Å². The van der Waals surface area contributed by atoms with Crippen LogP contribution in [0.15, 0.2) is 0 Å². The van der Waals surface area contributed by atoms with Crippen molar-refractivity contribution in [3.05, 3.63) is 0 Å². The first-order valence-corrected chi connectivity index (χ1v) is 5.45. The second-order valence-corrected chi connectivity index (χ2v) is 4.22. The van der Waals surface area contributed by atoms with Gasteiger partial charge in [-0.15, -0.1) is 0 Å². The van der Waals surface area contributed by atoms with Crippen LogP contribution >= 0.6 is 0 Å². The van der Waals surface area contributed by atoms with Gasteiger partial charge in [-0.3, -0.25) is 0 Å². The van der Waals surface area contributed by atoms with Crippen LogP contribution in [0.1, 0.15) is 0 Å². The fourth-order valence-electron chi connectivity index (χ4n) is 0. The molecule has 0 aliphatic heterocycles. The van der Waals surface area contributed by atoms with E-state index in [1.807, 2.05) is 0 Å². The van der Waals surface area contributed by atoms with E-state index in [-0.39, 0.29) is 21.1 Å². The fraction of sp³-hybridized carbons (Fsp3) is 1.00. The minimum atomic E-state index is -3.92. The van der Waals surface area contributed by atoms with Gasteiger partial charge in [-0.1, -0.05) is 0 Å². The molecular weight excluding hydrogens is 379 g/mol. The smallest absolute Gasteiger partial charge is 0.748 e. The van der Waals surface area contributed by atoms with Crippen LogP contribution in [0.25, 0.3) is 0 Å². The van der Waals surface area contributed by atoms with E-state index in [9.17, 15) is 0 Å². The van der Waals surface area contributed by atoms with Gasteiger partial charge < -0.3 is 9.11 Å². The van der Waals surface area contributed by atoms with E-state index in [1.54, 1.807) is 0 Å². The van der Waals surface area contributed by atoms with Crippen molar-refractivity contribution in [1.82, 2.24) is 0 Å². The summed E-state index contributed by atoms with van der Waals surface area (Å²) in [5.74, 6) is 0. The molecule has 6 nitrogen and oxygen atoms in total. The van der Waals surface area contributed by atoms with Crippen molar-refractivity contribution in [3.63, 3.8) is 0 Å². The van der Waals surface area contributed by atoms with Gasteiger partial charge >= 0.3 is 21.1 Å². The summed E-state index contributed by atoms with van der Waals surface area (Å²) in [6, 6.07) is 0. The van der Waals surface area contributed by atoms with Crippen molar-refractivity contribution >= 4 is 20.2 Å². The third-order valence-corrected chi connectivity index (χ3v) is 0. The van der Waals surface area contributed by atoms with Crippen LogP contribution in [0.3, 0.4) is 0 Å². The van der Waals surface area contributed by atoms with Gasteiger partial charge in [-0.25, -0.2) is 16.8 Å². The summed E-state index contributed by atoms with van der Waals surface area (Å²) in [4.78, 5) is 0. The van der Waals surface area contributed by atoms with Gasteiger partial charge in [0, 0.05) is 12.5 Å². The Morgan fingerprint density at radius 3 is 0.818 bits per heavy atom. The molecule has 0 saturated carbocycles. The van der Waals surface area contributed by atoms with Gasteiger partial charge in [-0.05, 0) is 0 Å². The zero-order valence-electron chi connectivity index (χ0n) is 5.58. The Morgan fingerprint density at radius 1 is 0.818 bits per heavy atom. The van der Waals surface area contributed by atoms with Crippen LogP contribution in [0.2, 0.25) is 0 Å². The van der Waals surface area contributed by atoms with Crippen LogP contribution < -0.4 is 0 Å². The van der Waals surface area contributed by atoms with E-state index >= 15 is 0 Å². The van der Waals surface area contributed by atoms with Gasteiger partial charge in [0.05, 0.1) is 20.2 Å². The second kappa shape index (κ2) is 6.07. The maximum Gasteiger partial charge on any atom is 2.00 e. The minimum Gasteiger partial charge on any atom is -0.748 e. The molecule has 11 heavy (non-hydrogen) atoms. The van der Waals surface area contributed by atoms with E-state index in [1.165, 1.54) is 0 Å². The maximum atomic E-state index is 9.08. The predicted octanol–water partition coefficient (Wildman–Crippen LogP) is -1.68. The molecule has 72 valence electrons. The summed E-state index contributed by atoms with van der Waals surface area (Å²) in [7, 11) is -7.83. The van der Waals surface area contributed by atoms with E-state index in [0.717, 1.165) is 0 Å². The summed E-state index contributed by atoms with van der Waals surface area (Å²) < 4.78 is 54.5. The average molecular weight is 385 g/mol. The first-order chi connectivity index (χ1) is 4.00. The van der Waals surface area contributed by atoms with Crippen molar-refractivity contribution in [3.8, 4) is 0 Å².